The lowest BCUT2D eigenvalue weighted by Gasteiger charge is -2.26. The summed E-state index contributed by atoms with van der Waals surface area (Å²) in [7, 11) is 0. The molecule has 1 heterocycles. The average molecular weight is 330 g/mol. The molecule has 2 rings (SSSR count). The minimum absolute atomic E-state index is 0.0835. The molecular weight excluding hydrogens is 317 g/mol. The Labute approximate surface area is 118 Å². The normalized spacial score (nSPS) is 22.9. The van der Waals surface area contributed by atoms with E-state index in [-0.39, 0.29) is 17.9 Å². The van der Waals surface area contributed by atoms with Gasteiger partial charge in [0.15, 0.2) is 0 Å². The summed E-state index contributed by atoms with van der Waals surface area (Å²) in [6.45, 7) is 2.12. The van der Waals surface area contributed by atoms with Gasteiger partial charge < -0.3 is 10.0 Å². The third-order valence-electron chi connectivity index (χ3n) is 3.37. The summed E-state index contributed by atoms with van der Waals surface area (Å²) in [5, 5.41) is 9.22. The molecular formula is C13H13BrFNO3. The van der Waals surface area contributed by atoms with Gasteiger partial charge in [-0.15, -0.1) is 0 Å². The van der Waals surface area contributed by atoms with E-state index in [1.54, 1.807) is 13.0 Å². The average Bonchev–Trinajstić information content (AvgIpc) is 2.69. The number of likely N-dealkylation sites (tertiary alicyclic amines) is 1. The first kappa shape index (κ1) is 14.0. The number of amides is 1. The van der Waals surface area contributed by atoms with Crippen LogP contribution in [0.15, 0.2) is 22.7 Å². The van der Waals surface area contributed by atoms with E-state index in [2.05, 4.69) is 15.9 Å². The Morgan fingerprint density at radius 3 is 2.84 bits per heavy atom. The molecule has 0 aliphatic carbocycles. The van der Waals surface area contributed by atoms with Crippen LogP contribution in [-0.2, 0) is 9.59 Å². The molecule has 0 radical (unpaired) electrons. The van der Waals surface area contributed by atoms with E-state index in [0.717, 1.165) is 0 Å². The van der Waals surface area contributed by atoms with Crippen molar-refractivity contribution in [3.05, 3.63) is 34.1 Å². The number of carbonyl (C=O) groups is 2. The summed E-state index contributed by atoms with van der Waals surface area (Å²) >= 11 is 3.24. The van der Waals surface area contributed by atoms with E-state index in [1.165, 1.54) is 17.0 Å². The van der Waals surface area contributed by atoms with Crippen molar-refractivity contribution in [1.82, 2.24) is 4.90 Å². The zero-order valence-corrected chi connectivity index (χ0v) is 11.9. The SMILES string of the molecule is CCN1C(=O)CC(C(=O)O)C1c1cc(Br)ccc1F. The minimum atomic E-state index is -1.08. The Balaban J connectivity index is 2.51. The van der Waals surface area contributed by atoms with Crippen LogP contribution in [0, 0.1) is 11.7 Å². The lowest BCUT2D eigenvalue weighted by molar-refractivity contribution is -0.142. The highest BCUT2D eigenvalue weighted by Crippen LogP contribution is 2.39. The van der Waals surface area contributed by atoms with Crippen LogP contribution in [0.25, 0.3) is 0 Å². The van der Waals surface area contributed by atoms with Gasteiger partial charge in [-0.2, -0.15) is 0 Å². The maximum atomic E-state index is 13.9. The number of halogens is 2. The molecule has 0 spiro atoms. The quantitative estimate of drug-likeness (QED) is 0.927. The van der Waals surface area contributed by atoms with Gasteiger partial charge in [-0.25, -0.2) is 4.39 Å². The summed E-state index contributed by atoms with van der Waals surface area (Å²) in [6.07, 6.45) is -0.0835. The molecule has 1 amide bonds. The molecule has 6 heteroatoms. The highest BCUT2D eigenvalue weighted by molar-refractivity contribution is 9.10. The van der Waals surface area contributed by atoms with Crippen molar-refractivity contribution in [3.63, 3.8) is 0 Å². The zero-order chi connectivity index (χ0) is 14.2. The van der Waals surface area contributed by atoms with Crippen LogP contribution in [0.3, 0.4) is 0 Å². The smallest absolute Gasteiger partial charge is 0.309 e. The second-order valence-corrected chi connectivity index (χ2v) is 5.35. The van der Waals surface area contributed by atoms with Crippen molar-refractivity contribution < 1.29 is 19.1 Å². The predicted molar refractivity (Wildman–Crippen MR) is 70.0 cm³/mol. The summed E-state index contributed by atoms with van der Waals surface area (Å²) < 4.78 is 14.6. The van der Waals surface area contributed by atoms with Gasteiger partial charge in [-0.3, -0.25) is 9.59 Å². The summed E-state index contributed by atoms with van der Waals surface area (Å²) in [6, 6.07) is 3.61. The fraction of sp³-hybridized carbons (Fsp3) is 0.385. The molecule has 0 saturated carbocycles. The van der Waals surface area contributed by atoms with E-state index in [9.17, 15) is 19.1 Å². The fourth-order valence-corrected chi connectivity index (χ4v) is 2.89. The van der Waals surface area contributed by atoms with Crippen molar-refractivity contribution in [2.75, 3.05) is 6.54 Å². The second-order valence-electron chi connectivity index (χ2n) is 4.44. The largest absolute Gasteiger partial charge is 0.481 e. The molecule has 1 N–H and O–H groups in total. The Morgan fingerprint density at radius 2 is 2.26 bits per heavy atom. The van der Waals surface area contributed by atoms with Crippen LogP contribution < -0.4 is 0 Å². The van der Waals surface area contributed by atoms with Gasteiger partial charge in [0.1, 0.15) is 5.82 Å². The summed E-state index contributed by atoms with van der Waals surface area (Å²) in [5.41, 5.74) is 0.245. The molecule has 1 aliphatic rings. The Hall–Kier alpha value is -1.43. The first-order chi connectivity index (χ1) is 8.95. The number of aliphatic carboxylic acids is 1. The molecule has 1 aromatic carbocycles. The third-order valence-corrected chi connectivity index (χ3v) is 3.86. The van der Waals surface area contributed by atoms with Gasteiger partial charge in [0.25, 0.3) is 0 Å². The molecule has 19 heavy (non-hydrogen) atoms. The maximum absolute atomic E-state index is 13.9. The summed E-state index contributed by atoms with van der Waals surface area (Å²) in [4.78, 5) is 24.5. The fourth-order valence-electron chi connectivity index (χ4n) is 2.51. The predicted octanol–water partition coefficient (Wildman–Crippen LogP) is 2.58. The third kappa shape index (κ3) is 2.49. The molecule has 4 nitrogen and oxygen atoms in total. The molecule has 0 aromatic heterocycles. The molecule has 2 unspecified atom stereocenters. The first-order valence-corrected chi connectivity index (χ1v) is 6.72. The maximum Gasteiger partial charge on any atom is 0.309 e. The first-order valence-electron chi connectivity index (χ1n) is 5.93. The van der Waals surface area contributed by atoms with Gasteiger partial charge in [0.2, 0.25) is 5.91 Å². The van der Waals surface area contributed by atoms with Crippen molar-refractivity contribution in [2.45, 2.75) is 19.4 Å². The minimum Gasteiger partial charge on any atom is -0.481 e. The Morgan fingerprint density at radius 1 is 1.58 bits per heavy atom. The van der Waals surface area contributed by atoms with E-state index in [0.29, 0.717) is 11.0 Å². The van der Waals surface area contributed by atoms with Crippen LogP contribution in [0.5, 0.6) is 0 Å². The molecule has 1 aliphatic heterocycles. The van der Waals surface area contributed by atoms with Crippen LogP contribution >= 0.6 is 15.9 Å². The zero-order valence-electron chi connectivity index (χ0n) is 10.3. The molecule has 102 valence electrons. The lowest BCUT2D eigenvalue weighted by atomic mass is 9.93. The van der Waals surface area contributed by atoms with E-state index >= 15 is 0 Å². The van der Waals surface area contributed by atoms with Crippen LogP contribution in [0.2, 0.25) is 0 Å². The van der Waals surface area contributed by atoms with Crippen molar-refractivity contribution in [1.29, 1.82) is 0 Å². The van der Waals surface area contributed by atoms with Gasteiger partial charge in [-0.1, -0.05) is 15.9 Å². The molecule has 1 saturated heterocycles. The van der Waals surface area contributed by atoms with Crippen molar-refractivity contribution in [2.24, 2.45) is 5.92 Å². The lowest BCUT2D eigenvalue weighted by Crippen LogP contribution is -2.31. The summed E-state index contributed by atoms with van der Waals surface area (Å²) in [5.74, 6) is -2.73. The molecule has 2 atom stereocenters. The highest BCUT2D eigenvalue weighted by Gasteiger charge is 2.44. The van der Waals surface area contributed by atoms with E-state index in [1.807, 2.05) is 0 Å². The van der Waals surface area contributed by atoms with Crippen LogP contribution in [-0.4, -0.2) is 28.4 Å². The number of nitrogens with zero attached hydrogens (tertiary/aromatic N) is 1. The number of benzene rings is 1. The number of carbonyl (C=O) groups excluding carboxylic acids is 1. The van der Waals surface area contributed by atoms with Gasteiger partial charge in [-0.05, 0) is 25.1 Å². The number of rotatable bonds is 3. The van der Waals surface area contributed by atoms with E-state index < -0.39 is 23.7 Å². The monoisotopic (exact) mass is 329 g/mol. The molecule has 0 bridgehead atoms. The standard InChI is InChI=1S/C13H13BrFNO3/c1-2-16-11(17)6-9(13(18)19)12(16)8-5-7(14)3-4-10(8)15/h3-5,9,12H,2,6H2,1H3,(H,18,19). The van der Waals surface area contributed by atoms with Crippen molar-refractivity contribution in [3.8, 4) is 0 Å². The van der Waals surface area contributed by atoms with Crippen LogP contribution in [0.1, 0.15) is 24.9 Å². The van der Waals surface area contributed by atoms with Crippen LogP contribution in [0.4, 0.5) is 4.39 Å². The number of carboxylic acids is 1. The van der Waals surface area contributed by atoms with E-state index in [4.69, 9.17) is 0 Å². The number of hydrogen-bond donors (Lipinski definition) is 1. The highest BCUT2D eigenvalue weighted by atomic mass is 79.9. The van der Waals surface area contributed by atoms with Gasteiger partial charge >= 0.3 is 5.97 Å². The molecule has 1 aromatic rings. The van der Waals surface area contributed by atoms with Gasteiger partial charge in [0.05, 0.1) is 12.0 Å². The Kier molecular flexibility index (Phi) is 3.89. The number of carboxylic acid groups (broad SMARTS) is 1. The Bertz CT molecular complexity index is 535. The second kappa shape index (κ2) is 5.28. The molecule has 1 fully saturated rings. The number of hydrogen-bond acceptors (Lipinski definition) is 2. The topological polar surface area (TPSA) is 57.6 Å². The van der Waals surface area contributed by atoms with Crippen molar-refractivity contribution >= 4 is 27.8 Å². The van der Waals surface area contributed by atoms with Gasteiger partial charge in [0, 0.05) is 23.0 Å².